The van der Waals surface area contributed by atoms with Crippen molar-refractivity contribution in [2.45, 2.75) is 18.8 Å². The van der Waals surface area contributed by atoms with Crippen LogP contribution in [0.5, 0.6) is 5.75 Å². The van der Waals surface area contributed by atoms with Crippen LogP contribution in [0.25, 0.3) is 0 Å². The molecule has 1 fully saturated rings. The van der Waals surface area contributed by atoms with Crippen LogP contribution in [-0.2, 0) is 10.2 Å². The maximum absolute atomic E-state index is 5.86. The van der Waals surface area contributed by atoms with Crippen LogP contribution >= 0.6 is 0 Å². The molecule has 3 unspecified atom stereocenters. The van der Waals surface area contributed by atoms with E-state index >= 15 is 0 Å². The molecule has 3 rings (SSSR count). The number of methoxy groups -OCH3 is 1. The summed E-state index contributed by atoms with van der Waals surface area (Å²) in [5, 5.41) is 3.51. The normalized spacial score (nSPS) is 31.9. The van der Waals surface area contributed by atoms with Gasteiger partial charge in [-0.3, -0.25) is 0 Å². The minimum Gasteiger partial charge on any atom is -0.493 e. The van der Waals surface area contributed by atoms with E-state index < -0.39 is 0 Å². The second-order valence-corrected chi connectivity index (χ2v) is 5.85. The van der Waals surface area contributed by atoms with E-state index in [0.29, 0.717) is 11.3 Å². The molecule has 0 saturated heterocycles. The average Bonchev–Trinajstić information content (AvgIpc) is 3.15. The van der Waals surface area contributed by atoms with Crippen molar-refractivity contribution in [1.82, 2.24) is 5.32 Å². The molecule has 104 valence electrons. The fraction of sp³-hybridized carbons (Fsp3) is 0.625. The van der Waals surface area contributed by atoms with E-state index in [0.717, 1.165) is 38.0 Å². The maximum atomic E-state index is 5.86. The summed E-state index contributed by atoms with van der Waals surface area (Å²) in [5.41, 5.74) is 1.78. The highest BCUT2D eigenvalue weighted by atomic mass is 16.5. The monoisotopic (exact) mass is 261 g/mol. The molecule has 3 atom stereocenters. The summed E-state index contributed by atoms with van der Waals surface area (Å²) in [6.45, 7) is 5.99. The van der Waals surface area contributed by atoms with Crippen LogP contribution in [0.3, 0.4) is 0 Å². The molecule has 3 heteroatoms. The van der Waals surface area contributed by atoms with Gasteiger partial charge in [-0.05, 0) is 24.9 Å². The third kappa shape index (κ3) is 2.15. The topological polar surface area (TPSA) is 30.5 Å². The van der Waals surface area contributed by atoms with E-state index in [-0.39, 0.29) is 0 Å². The van der Waals surface area contributed by atoms with Gasteiger partial charge in [0.15, 0.2) is 0 Å². The van der Waals surface area contributed by atoms with E-state index in [4.69, 9.17) is 9.47 Å². The minimum atomic E-state index is 0.356. The van der Waals surface area contributed by atoms with E-state index in [9.17, 15) is 0 Å². The summed E-state index contributed by atoms with van der Waals surface area (Å²) in [6.07, 6.45) is 1.29. The fourth-order valence-corrected chi connectivity index (χ4v) is 3.59. The van der Waals surface area contributed by atoms with Gasteiger partial charge < -0.3 is 14.8 Å². The predicted octanol–water partition coefficient (Wildman–Crippen LogP) is 2.21. The largest absolute Gasteiger partial charge is 0.493 e. The Bertz CT molecular complexity index is 448. The zero-order valence-corrected chi connectivity index (χ0v) is 11.8. The molecule has 1 aromatic rings. The Morgan fingerprint density at radius 2 is 2.26 bits per heavy atom. The standard InChI is InChI=1S/C16H23NO2/c1-12-11-19-15-6-4-3-5-14(15)16(12)9-13(16)10-17-7-8-18-2/h3-6,12-13,17H,7-11H2,1-2H3. The van der Waals surface area contributed by atoms with Gasteiger partial charge in [0.1, 0.15) is 5.75 Å². The molecule has 1 heterocycles. The van der Waals surface area contributed by atoms with Gasteiger partial charge in [0.25, 0.3) is 0 Å². The quantitative estimate of drug-likeness (QED) is 0.824. The Morgan fingerprint density at radius 1 is 1.42 bits per heavy atom. The van der Waals surface area contributed by atoms with Crippen LogP contribution in [-0.4, -0.2) is 33.4 Å². The van der Waals surface area contributed by atoms with Crippen molar-refractivity contribution in [2.24, 2.45) is 11.8 Å². The van der Waals surface area contributed by atoms with Crippen LogP contribution < -0.4 is 10.1 Å². The maximum Gasteiger partial charge on any atom is 0.123 e. The van der Waals surface area contributed by atoms with Gasteiger partial charge in [0, 0.05) is 30.6 Å². The highest BCUT2D eigenvalue weighted by molar-refractivity contribution is 5.47. The Labute approximate surface area is 115 Å². The number of ether oxygens (including phenoxy) is 2. The second-order valence-electron chi connectivity index (χ2n) is 5.85. The molecule has 3 nitrogen and oxygen atoms in total. The van der Waals surface area contributed by atoms with Crippen molar-refractivity contribution in [3.63, 3.8) is 0 Å². The van der Waals surface area contributed by atoms with Crippen LogP contribution in [0, 0.1) is 11.8 Å². The lowest BCUT2D eigenvalue weighted by Gasteiger charge is -2.33. The highest BCUT2D eigenvalue weighted by Crippen LogP contribution is 2.62. The molecule has 1 N–H and O–H groups in total. The molecule has 1 aliphatic heterocycles. The van der Waals surface area contributed by atoms with Crippen molar-refractivity contribution in [3.05, 3.63) is 29.8 Å². The number of benzene rings is 1. The van der Waals surface area contributed by atoms with Crippen molar-refractivity contribution in [3.8, 4) is 5.75 Å². The van der Waals surface area contributed by atoms with E-state index in [1.807, 2.05) is 0 Å². The minimum absolute atomic E-state index is 0.356. The number of para-hydroxylation sites is 1. The first-order valence-electron chi connectivity index (χ1n) is 7.21. The van der Waals surface area contributed by atoms with Gasteiger partial charge in [-0.15, -0.1) is 0 Å². The highest BCUT2D eigenvalue weighted by Gasteiger charge is 2.60. The summed E-state index contributed by atoms with van der Waals surface area (Å²) < 4.78 is 10.9. The van der Waals surface area contributed by atoms with Gasteiger partial charge in [-0.1, -0.05) is 25.1 Å². The molecular formula is C16H23NO2. The second kappa shape index (κ2) is 5.14. The first-order valence-corrected chi connectivity index (χ1v) is 7.21. The summed E-state index contributed by atoms with van der Waals surface area (Å²) in [4.78, 5) is 0. The average molecular weight is 261 g/mol. The number of hydrogen-bond donors (Lipinski definition) is 1. The third-order valence-corrected chi connectivity index (χ3v) is 4.78. The number of nitrogens with one attached hydrogen (secondary N) is 1. The summed E-state index contributed by atoms with van der Waals surface area (Å²) in [5.74, 6) is 2.45. The molecule has 0 bridgehead atoms. The van der Waals surface area contributed by atoms with Gasteiger partial charge in [0.05, 0.1) is 13.2 Å². The van der Waals surface area contributed by atoms with E-state index in [2.05, 4.69) is 36.5 Å². The zero-order chi connectivity index (χ0) is 13.3. The van der Waals surface area contributed by atoms with E-state index in [1.54, 1.807) is 7.11 Å². The van der Waals surface area contributed by atoms with Crippen molar-refractivity contribution in [1.29, 1.82) is 0 Å². The lowest BCUT2D eigenvalue weighted by atomic mass is 9.80. The molecule has 0 aromatic heterocycles. The van der Waals surface area contributed by atoms with Crippen molar-refractivity contribution in [2.75, 3.05) is 33.4 Å². The molecule has 1 saturated carbocycles. The number of fused-ring (bicyclic) bond motifs is 2. The van der Waals surface area contributed by atoms with Gasteiger partial charge in [0.2, 0.25) is 0 Å². The van der Waals surface area contributed by atoms with Gasteiger partial charge in [-0.25, -0.2) is 0 Å². The van der Waals surface area contributed by atoms with Crippen LogP contribution in [0.4, 0.5) is 0 Å². The number of hydrogen-bond acceptors (Lipinski definition) is 3. The van der Waals surface area contributed by atoms with Crippen LogP contribution in [0.15, 0.2) is 24.3 Å². The third-order valence-electron chi connectivity index (χ3n) is 4.78. The zero-order valence-electron chi connectivity index (χ0n) is 11.8. The Balaban J connectivity index is 1.71. The lowest BCUT2D eigenvalue weighted by molar-refractivity contribution is 0.183. The predicted molar refractivity (Wildman–Crippen MR) is 75.6 cm³/mol. The van der Waals surface area contributed by atoms with Crippen molar-refractivity contribution < 1.29 is 9.47 Å². The van der Waals surface area contributed by atoms with Crippen LogP contribution in [0.2, 0.25) is 0 Å². The summed E-state index contributed by atoms with van der Waals surface area (Å²) in [6, 6.07) is 8.56. The molecule has 1 aromatic carbocycles. The lowest BCUT2D eigenvalue weighted by Crippen LogP contribution is -2.34. The molecular weight excluding hydrogens is 238 g/mol. The number of rotatable bonds is 5. The Hall–Kier alpha value is -1.06. The Morgan fingerprint density at radius 3 is 3.11 bits per heavy atom. The molecule has 0 radical (unpaired) electrons. The van der Waals surface area contributed by atoms with Crippen molar-refractivity contribution >= 4 is 0 Å². The molecule has 1 spiro atoms. The van der Waals surface area contributed by atoms with Gasteiger partial charge >= 0.3 is 0 Å². The molecule has 1 aliphatic carbocycles. The fourth-order valence-electron chi connectivity index (χ4n) is 3.59. The summed E-state index contributed by atoms with van der Waals surface area (Å²) >= 11 is 0. The molecule has 0 amide bonds. The SMILES string of the molecule is COCCNCC1CC12c1ccccc1OCC2C. The van der Waals surface area contributed by atoms with Crippen LogP contribution in [0.1, 0.15) is 18.9 Å². The Kier molecular flexibility index (Phi) is 3.50. The molecule has 19 heavy (non-hydrogen) atoms. The summed E-state index contributed by atoms with van der Waals surface area (Å²) in [7, 11) is 1.75. The first-order chi connectivity index (χ1) is 9.29. The first kappa shape index (κ1) is 12.9. The molecule has 2 aliphatic rings. The van der Waals surface area contributed by atoms with Gasteiger partial charge in [-0.2, -0.15) is 0 Å². The van der Waals surface area contributed by atoms with E-state index in [1.165, 1.54) is 12.0 Å². The smallest absolute Gasteiger partial charge is 0.123 e.